The molecule has 1 aromatic carbocycles. The van der Waals surface area contributed by atoms with Crippen molar-refractivity contribution < 1.29 is 28.8 Å². The Bertz CT molecular complexity index is 1250. The first kappa shape index (κ1) is 25.1. The van der Waals surface area contributed by atoms with E-state index in [0.717, 1.165) is 0 Å². The SMILES string of the molecule is CCOC(=O)c1ccc(NC(=O)C2=C(C)NC(C)=C(C(=O)OC)C2c2cccc([N+](=O)[O-])c2)nc1. The minimum atomic E-state index is -0.942. The van der Waals surface area contributed by atoms with Gasteiger partial charge in [0.15, 0.2) is 0 Å². The number of ether oxygens (including phenoxy) is 2. The van der Waals surface area contributed by atoms with Crippen molar-refractivity contribution in [2.75, 3.05) is 19.0 Å². The topological polar surface area (TPSA) is 150 Å². The lowest BCUT2D eigenvalue weighted by molar-refractivity contribution is -0.384. The number of anilines is 1. The van der Waals surface area contributed by atoms with Gasteiger partial charge in [0.25, 0.3) is 11.6 Å². The van der Waals surface area contributed by atoms with Gasteiger partial charge in [0.05, 0.1) is 35.7 Å². The van der Waals surface area contributed by atoms with E-state index in [2.05, 4.69) is 15.6 Å². The summed E-state index contributed by atoms with van der Waals surface area (Å²) in [5.41, 5.74) is 1.63. The highest BCUT2D eigenvalue weighted by atomic mass is 16.6. The lowest BCUT2D eigenvalue weighted by Gasteiger charge is -2.30. The summed E-state index contributed by atoms with van der Waals surface area (Å²) in [5.74, 6) is -2.59. The van der Waals surface area contributed by atoms with Gasteiger partial charge in [-0.1, -0.05) is 12.1 Å². The number of nitrogens with one attached hydrogen (secondary N) is 2. The van der Waals surface area contributed by atoms with Crippen molar-refractivity contribution in [2.24, 2.45) is 0 Å². The van der Waals surface area contributed by atoms with E-state index >= 15 is 0 Å². The highest BCUT2D eigenvalue weighted by Crippen LogP contribution is 2.40. The number of rotatable bonds is 7. The van der Waals surface area contributed by atoms with Crippen LogP contribution < -0.4 is 10.6 Å². The molecular weight excluding hydrogens is 456 g/mol. The highest BCUT2D eigenvalue weighted by Gasteiger charge is 2.37. The fourth-order valence-electron chi connectivity index (χ4n) is 3.81. The van der Waals surface area contributed by atoms with Gasteiger partial charge in [0.1, 0.15) is 5.82 Å². The molecule has 35 heavy (non-hydrogen) atoms. The lowest BCUT2D eigenvalue weighted by atomic mass is 9.80. The average Bonchev–Trinajstić information content (AvgIpc) is 2.83. The summed E-state index contributed by atoms with van der Waals surface area (Å²) in [6.45, 7) is 5.22. The van der Waals surface area contributed by atoms with E-state index in [1.165, 1.54) is 43.6 Å². The van der Waals surface area contributed by atoms with Gasteiger partial charge in [-0.3, -0.25) is 14.9 Å². The van der Waals surface area contributed by atoms with Crippen LogP contribution in [0, 0.1) is 10.1 Å². The monoisotopic (exact) mass is 480 g/mol. The third kappa shape index (κ3) is 5.35. The number of nitro groups is 1. The Balaban J connectivity index is 2.02. The van der Waals surface area contributed by atoms with Gasteiger partial charge in [0.2, 0.25) is 0 Å². The van der Waals surface area contributed by atoms with Crippen LogP contribution in [-0.2, 0) is 19.1 Å². The Morgan fingerprint density at radius 1 is 1.11 bits per heavy atom. The minimum Gasteiger partial charge on any atom is -0.466 e. The van der Waals surface area contributed by atoms with Crippen LogP contribution in [0.3, 0.4) is 0 Å². The minimum absolute atomic E-state index is 0.148. The Kier molecular flexibility index (Phi) is 7.59. The molecule has 11 heteroatoms. The molecule has 1 aliphatic rings. The molecule has 2 aromatic rings. The number of benzene rings is 1. The Labute approximate surface area is 201 Å². The molecule has 2 N–H and O–H groups in total. The van der Waals surface area contributed by atoms with E-state index in [1.54, 1.807) is 26.8 Å². The highest BCUT2D eigenvalue weighted by molar-refractivity contribution is 6.08. The van der Waals surface area contributed by atoms with Gasteiger partial charge in [-0.2, -0.15) is 0 Å². The number of methoxy groups -OCH3 is 1. The van der Waals surface area contributed by atoms with Gasteiger partial charge in [-0.15, -0.1) is 0 Å². The summed E-state index contributed by atoms with van der Waals surface area (Å²) in [4.78, 5) is 52.9. The van der Waals surface area contributed by atoms with Crippen LogP contribution >= 0.6 is 0 Å². The van der Waals surface area contributed by atoms with Gasteiger partial charge in [-0.05, 0) is 38.5 Å². The number of aromatic nitrogens is 1. The molecular formula is C24H24N4O7. The first-order chi connectivity index (χ1) is 16.7. The lowest BCUT2D eigenvalue weighted by Crippen LogP contribution is -2.33. The van der Waals surface area contributed by atoms with Gasteiger partial charge in [0, 0.05) is 35.3 Å². The number of pyridine rings is 1. The van der Waals surface area contributed by atoms with Crippen molar-refractivity contribution in [3.8, 4) is 0 Å². The van der Waals surface area contributed by atoms with Crippen LogP contribution in [0.15, 0.2) is 65.1 Å². The summed E-state index contributed by atoms with van der Waals surface area (Å²) < 4.78 is 9.87. The number of nitro benzene ring substituents is 1. The molecule has 0 bridgehead atoms. The second kappa shape index (κ2) is 10.6. The van der Waals surface area contributed by atoms with Crippen molar-refractivity contribution in [1.82, 2.24) is 10.3 Å². The summed E-state index contributed by atoms with van der Waals surface area (Å²) in [6.07, 6.45) is 1.27. The molecule has 1 aromatic heterocycles. The average molecular weight is 480 g/mol. The zero-order valence-electron chi connectivity index (χ0n) is 19.6. The van der Waals surface area contributed by atoms with Crippen LogP contribution in [0.5, 0.6) is 0 Å². The summed E-state index contributed by atoms with van der Waals surface area (Å²) in [7, 11) is 1.22. The van der Waals surface area contributed by atoms with Crippen LogP contribution in [0.25, 0.3) is 0 Å². The molecule has 1 unspecified atom stereocenters. The van der Waals surface area contributed by atoms with Gasteiger partial charge < -0.3 is 20.1 Å². The van der Waals surface area contributed by atoms with E-state index in [1.807, 2.05) is 0 Å². The van der Waals surface area contributed by atoms with Gasteiger partial charge in [-0.25, -0.2) is 14.6 Å². The van der Waals surface area contributed by atoms with E-state index in [0.29, 0.717) is 17.0 Å². The quantitative estimate of drug-likeness (QED) is 0.346. The molecule has 182 valence electrons. The Morgan fingerprint density at radius 2 is 1.83 bits per heavy atom. The number of esters is 2. The third-order valence-electron chi connectivity index (χ3n) is 5.34. The number of amides is 1. The second-order valence-electron chi connectivity index (χ2n) is 7.59. The van der Waals surface area contributed by atoms with Crippen molar-refractivity contribution in [1.29, 1.82) is 0 Å². The zero-order chi connectivity index (χ0) is 25.7. The normalized spacial score (nSPS) is 15.3. The van der Waals surface area contributed by atoms with Crippen LogP contribution in [0.1, 0.15) is 42.6 Å². The molecule has 3 rings (SSSR count). The zero-order valence-corrected chi connectivity index (χ0v) is 19.6. The number of carbonyl (C=O) groups excluding carboxylic acids is 3. The molecule has 0 spiro atoms. The maximum Gasteiger partial charge on any atom is 0.339 e. The summed E-state index contributed by atoms with van der Waals surface area (Å²) >= 11 is 0. The number of non-ortho nitro benzene ring substituents is 1. The van der Waals surface area contributed by atoms with Crippen LogP contribution in [0.4, 0.5) is 11.5 Å². The molecule has 1 aliphatic heterocycles. The number of nitrogens with zero attached hydrogens (tertiary/aromatic N) is 2. The molecule has 0 saturated carbocycles. The molecule has 11 nitrogen and oxygen atoms in total. The Morgan fingerprint density at radius 3 is 2.43 bits per heavy atom. The number of hydrogen-bond acceptors (Lipinski definition) is 9. The standard InChI is InChI=1S/C24H24N4O7/c1-5-35-23(30)16-9-10-18(25-12-16)27-22(29)19-13(2)26-14(3)20(24(31)34-4)21(19)15-7-6-8-17(11-15)28(32)33/h6-12,21,26H,5H2,1-4H3,(H,25,27,29). The molecule has 0 aliphatic carbocycles. The molecule has 0 saturated heterocycles. The molecule has 1 amide bonds. The number of allylic oxidation sites excluding steroid dienone is 2. The third-order valence-corrected chi connectivity index (χ3v) is 5.34. The molecule has 0 radical (unpaired) electrons. The van der Waals surface area contributed by atoms with E-state index < -0.39 is 28.7 Å². The maximum atomic E-state index is 13.4. The van der Waals surface area contributed by atoms with E-state index in [-0.39, 0.29) is 34.8 Å². The summed E-state index contributed by atoms with van der Waals surface area (Å²) in [6, 6.07) is 8.64. The van der Waals surface area contributed by atoms with Crippen LogP contribution in [-0.4, -0.2) is 41.5 Å². The Hall–Kier alpha value is -4.54. The number of hydrogen-bond donors (Lipinski definition) is 2. The predicted molar refractivity (Wildman–Crippen MR) is 125 cm³/mol. The summed E-state index contributed by atoms with van der Waals surface area (Å²) in [5, 5.41) is 17.0. The molecule has 1 atom stereocenters. The van der Waals surface area contributed by atoms with Crippen molar-refractivity contribution in [3.63, 3.8) is 0 Å². The predicted octanol–water partition coefficient (Wildman–Crippen LogP) is 3.21. The second-order valence-corrected chi connectivity index (χ2v) is 7.59. The fourth-order valence-corrected chi connectivity index (χ4v) is 3.81. The number of dihydropyridines is 1. The van der Waals surface area contributed by atoms with Crippen molar-refractivity contribution in [3.05, 3.63) is 86.4 Å². The maximum absolute atomic E-state index is 13.4. The van der Waals surface area contributed by atoms with Crippen LogP contribution in [0.2, 0.25) is 0 Å². The smallest absolute Gasteiger partial charge is 0.339 e. The fraction of sp³-hybridized carbons (Fsp3) is 0.250. The van der Waals surface area contributed by atoms with Crippen molar-refractivity contribution in [2.45, 2.75) is 26.7 Å². The van der Waals surface area contributed by atoms with E-state index in [9.17, 15) is 24.5 Å². The number of carbonyl (C=O) groups is 3. The van der Waals surface area contributed by atoms with E-state index in [4.69, 9.17) is 9.47 Å². The molecule has 0 fully saturated rings. The first-order valence-corrected chi connectivity index (χ1v) is 10.6. The van der Waals surface area contributed by atoms with Crippen molar-refractivity contribution >= 4 is 29.4 Å². The largest absolute Gasteiger partial charge is 0.466 e. The van der Waals surface area contributed by atoms with Gasteiger partial charge >= 0.3 is 11.9 Å². The molecule has 2 heterocycles. The first-order valence-electron chi connectivity index (χ1n) is 10.6.